The van der Waals surface area contributed by atoms with E-state index in [2.05, 4.69) is 5.32 Å². The number of hydrogen-bond acceptors (Lipinski definition) is 2. The average Bonchev–Trinajstić information content (AvgIpc) is 2.32. The van der Waals surface area contributed by atoms with E-state index in [-0.39, 0.29) is 5.41 Å². The van der Waals surface area contributed by atoms with E-state index in [4.69, 9.17) is 5.73 Å². The normalized spacial score (nSPS) is 11.8. The second-order valence-electron chi connectivity index (χ2n) is 5.19. The molecule has 0 spiro atoms. The summed E-state index contributed by atoms with van der Waals surface area (Å²) in [5, 5.41) is 3.32. The lowest BCUT2D eigenvalue weighted by Gasteiger charge is -2.26. The molecule has 102 valence electrons. The molecule has 0 amide bonds. The summed E-state index contributed by atoms with van der Waals surface area (Å²) in [6, 6.07) is 4.09. The summed E-state index contributed by atoms with van der Waals surface area (Å²) in [6.07, 6.45) is 2.03. The van der Waals surface area contributed by atoms with Crippen LogP contribution in [0.1, 0.15) is 32.3 Å². The van der Waals surface area contributed by atoms with Crippen molar-refractivity contribution < 1.29 is 8.78 Å². The third-order valence-corrected chi connectivity index (χ3v) is 3.08. The summed E-state index contributed by atoms with van der Waals surface area (Å²) in [4.78, 5) is 0. The molecule has 0 aliphatic heterocycles. The van der Waals surface area contributed by atoms with Crippen LogP contribution in [0.4, 0.5) is 8.78 Å². The van der Waals surface area contributed by atoms with Crippen LogP contribution in [0.3, 0.4) is 0 Å². The molecule has 0 saturated carbocycles. The zero-order valence-corrected chi connectivity index (χ0v) is 11.1. The fraction of sp³-hybridized carbons (Fsp3) is 0.571. The lowest BCUT2D eigenvalue weighted by Crippen LogP contribution is -2.33. The highest BCUT2D eigenvalue weighted by atomic mass is 19.2. The van der Waals surface area contributed by atoms with Crippen LogP contribution >= 0.6 is 0 Å². The minimum atomic E-state index is -0.801. The van der Waals surface area contributed by atoms with Crippen LogP contribution in [0.25, 0.3) is 0 Å². The maximum Gasteiger partial charge on any atom is 0.159 e. The zero-order chi connectivity index (χ0) is 13.6. The van der Waals surface area contributed by atoms with Crippen LogP contribution in [0, 0.1) is 11.6 Å². The van der Waals surface area contributed by atoms with Crippen molar-refractivity contribution in [2.75, 3.05) is 19.6 Å². The molecule has 0 aromatic heterocycles. The SMILES string of the molecule is CC(C)(CNCCCCN)c1ccc(F)c(F)c1. The van der Waals surface area contributed by atoms with Crippen molar-refractivity contribution in [2.45, 2.75) is 32.1 Å². The van der Waals surface area contributed by atoms with Crippen molar-refractivity contribution in [3.63, 3.8) is 0 Å². The molecule has 0 radical (unpaired) electrons. The van der Waals surface area contributed by atoms with Crippen LogP contribution in [0.2, 0.25) is 0 Å². The number of unbranched alkanes of at least 4 members (excludes halogenated alkanes) is 1. The van der Waals surface area contributed by atoms with Gasteiger partial charge in [0.1, 0.15) is 0 Å². The van der Waals surface area contributed by atoms with Gasteiger partial charge >= 0.3 is 0 Å². The first-order valence-electron chi connectivity index (χ1n) is 6.33. The van der Waals surface area contributed by atoms with Gasteiger partial charge in [-0.1, -0.05) is 19.9 Å². The third-order valence-electron chi connectivity index (χ3n) is 3.08. The van der Waals surface area contributed by atoms with Gasteiger partial charge in [0.25, 0.3) is 0 Å². The molecule has 1 aromatic rings. The number of hydrogen-bond donors (Lipinski definition) is 2. The van der Waals surface area contributed by atoms with Crippen LogP contribution in [0.15, 0.2) is 18.2 Å². The molecule has 2 nitrogen and oxygen atoms in total. The van der Waals surface area contributed by atoms with Crippen molar-refractivity contribution in [1.82, 2.24) is 5.32 Å². The smallest absolute Gasteiger partial charge is 0.159 e. The van der Waals surface area contributed by atoms with Crippen molar-refractivity contribution in [3.05, 3.63) is 35.4 Å². The highest BCUT2D eigenvalue weighted by Crippen LogP contribution is 2.23. The molecule has 1 rings (SSSR count). The lowest BCUT2D eigenvalue weighted by molar-refractivity contribution is 0.454. The van der Waals surface area contributed by atoms with Crippen molar-refractivity contribution in [1.29, 1.82) is 0 Å². The second-order valence-corrected chi connectivity index (χ2v) is 5.19. The van der Waals surface area contributed by atoms with Gasteiger partial charge in [-0.3, -0.25) is 0 Å². The van der Waals surface area contributed by atoms with E-state index in [1.807, 2.05) is 13.8 Å². The topological polar surface area (TPSA) is 38.0 Å². The Morgan fingerprint density at radius 1 is 1.17 bits per heavy atom. The number of halogens is 2. The van der Waals surface area contributed by atoms with E-state index in [9.17, 15) is 8.78 Å². The summed E-state index contributed by atoms with van der Waals surface area (Å²) in [7, 11) is 0. The van der Waals surface area contributed by atoms with Gasteiger partial charge in [-0.2, -0.15) is 0 Å². The van der Waals surface area contributed by atoms with Crippen LogP contribution < -0.4 is 11.1 Å². The summed E-state index contributed by atoms with van der Waals surface area (Å²) in [5.74, 6) is -1.59. The van der Waals surface area contributed by atoms with Crippen LogP contribution in [-0.2, 0) is 5.41 Å². The Hall–Kier alpha value is -1.00. The van der Waals surface area contributed by atoms with Gasteiger partial charge in [0.15, 0.2) is 11.6 Å². The van der Waals surface area contributed by atoms with Gasteiger partial charge in [0, 0.05) is 12.0 Å². The van der Waals surface area contributed by atoms with E-state index in [0.717, 1.165) is 31.5 Å². The molecule has 0 atom stereocenters. The van der Waals surface area contributed by atoms with Crippen molar-refractivity contribution in [3.8, 4) is 0 Å². The average molecular weight is 256 g/mol. The first-order valence-corrected chi connectivity index (χ1v) is 6.33. The molecule has 3 N–H and O–H groups in total. The molecule has 4 heteroatoms. The predicted octanol–water partition coefficient (Wildman–Crippen LogP) is 2.57. The van der Waals surface area contributed by atoms with Crippen LogP contribution in [-0.4, -0.2) is 19.6 Å². The standard InChI is InChI=1S/C14H22F2N2/c1-14(2,10-18-8-4-3-7-17)11-5-6-12(15)13(16)9-11/h5-6,9,18H,3-4,7-8,10,17H2,1-2H3. The van der Waals surface area contributed by atoms with E-state index >= 15 is 0 Å². The number of nitrogens with two attached hydrogens (primary N) is 1. The van der Waals surface area contributed by atoms with Crippen LogP contribution in [0.5, 0.6) is 0 Å². The van der Waals surface area contributed by atoms with Crippen molar-refractivity contribution >= 4 is 0 Å². The predicted molar refractivity (Wildman–Crippen MR) is 70.5 cm³/mol. The Balaban J connectivity index is 2.54. The lowest BCUT2D eigenvalue weighted by atomic mass is 9.84. The molecule has 1 aromatic carbocycles. The number of benzene rings is 1. The maximum atomic E-state index is 13.2. The molecule has 0 saturated heterocycles. The molecule has 0 bridgehead atoms. The molecule has 0 fully saturated rings. The Morgan fingerprint density at radius 2 is 1.89 bits per heavy atom. The molecular formula is C14H22F2N2. The fourth-order valence-corrected chi connectivity index (χ4v) is 1.81. The van der Waals surface area contributed by atoms with E-state index in [1.165, 1.54) is 12.1 Å². The summed E-state index contributed by atoms with van der Waals surface area (Å²) in [5.41, 5.74) is 5.99. The van der Waals surface area contributed by atoms with Gasteiger partial charge in [0.2, 0.25) is 0 Å². The van der Waals surface area contributed by atoms with E-state index in [0.29, 0.717) is 6.54 Å². The summed E-state index contributed by atoms with van der Waals surface area (Å²) < 4.78 is 26.1. The minimum absolute atomic E-state index is 0.225. The third kappa shape index (κ3) is 4.35. The maximum absolute atomic E-state index is 13.2. The van der Waals surface area contributed by atoms with Gasteiger partial charge < -0.3 is 11.1 Å². The zero-order valence-electron chi connectivity index (χ0n) is 11.1. The highest BCUT2D eigenvalue weighted by Gasteiger charge is 2.21. The largest absolute Gasteiger partial charge is 0.330 e. The first kappa shape index (κ1) is 15.1. The van der Waals surface area contributed by atoms with E-state index < -0.39 is 11.6 Å². The number of rotatable bonds is 7. The van der Waals surface area contributed by atoms with Gasteiger partial charge in [0.05, 0.1) is 0 Å². The molecule has 0 heterocycles. The number of nitrogens with one attached hydrogen (secondary N) is 1. The highest BCUT2D eigenvalue weighted by molar-refractivity contribution is 5.25. The Labute approximate surface area is 108 Å². The van der Waals surface area contributed by atoms with Gasteiger partial charge in [-0.15, -0.1) is 0 Å². The quantitative estimate of drug-likeness (QED) is 0.736. The Bertz CT molecular complexity index is 378. The summed E-state index contributed by atoms with van der Waals surface area (Å²) in [6.45, 7) is 6.34. The first-order chi connectivity index (χ1) is 8.47. The molecule has 0 aliphatic rings. The fourth-order valence-electron chi connectivity index (χ4n) is 1.81. The second kappa shape index (κ2) is 6.81. The van der Waals surface area contributed by atoms with E-state index in [1.54, 1.807) is 6.07 Å². The summed E-state index contributed by atoms with van der Waals surface area (Å²) >= 11 is 0. The Kier molecular flexibility index (Phi) is 5.69. The van der Waals surface area contributed by atoms with Gasteiger partial charge in [-0.25, -0.2) is 8.78 Å². The monoisotopic (exact) mass is 256 g/mol. The molecular weight excluding hydrogens is 234 g/mol. The molecule has 0 unspecified atom stereocenters. The molecule has 0 aliphatic carbocycles. The molecule has 18 heavy (non-hydrogen) atoms. The minimum Gasteiger partial charge on any atom is -0.330 e. The van der Waals surface area contributed by atoms with Crippen molar-refractivity contribution in [2.24, 2.45) is 5.73 Å². The Morgan fingerprint density at radius 3 is 2.50 bits per heavy atom. The van der Waals surface area contributed by atoms with Gasteiger partial charge in [-0.05, 0) is 43.6 Å².